The molecule has 3 heterocycles. The van der Waals surface area contributed by atoms with E-state index in [0.29, 0.717) is 18.0 Å². The fourth-order valence-electron chi connectivity index (χ4n) is 11.0. The van der Waals surface area contributed by atoms with Crippen molar-refractivity contribution in [3.05, 3.63) is 12.2 Å². The Hall–Kier alpha value is -0.910. The third kappa shape index (κ3) is 1.34. The molecule has 9 bridgehead atoms. The van der Waals surface area contributed by atoms with Gasteiger partial charge in [-0.25, -0.2) is 0 Å². The number of esters is 1. The molecule has 3 aliphatic heterocycles. The van der Waals surface area contributed by atoms with Gasteiger partial charge >= 0.3 is 5.97 Å². The SMILES string of the molecule is C=C1CC23CC4C5C6(C)CC(O)CC57C(C2C(O)C1C(OC(C)=O)C37)N4C6. The maximum absolute atomic E-state index is 12.1. The van der Waals surface area contributed by atoms with E-state index < -0.39 is 6.10 Å². The Morgan fingerprint density at radius 3 is 2.78 bits per heavy atom. The van der Waals surface area contributed by atoms with Gasteiger partial charge in [-0.1, -0.05) is 19.1 Å². The standard InChI is InChI=1S/C22H29NO4/c1-9-4-21-7-12-17-20(3)5-11(25)6-22(17)18(21)16(27-10(2)24)13(9)15(26)14(21)19(22)23(12)8-20/h11-19,25-26H,1,4-8H2,2-3H3. The summed E-state index contributed by atoms with van der Waals surface area (Å²) >= 11 is 0. The van der Waals surface area contributed by atoms with Crippen LogP contribution in [0.2, 0.25) is 0 Å². The second kappa shape index (κ2) is 4.17. The number of piperidine rings is 2. The molecule has 13 atom stereocenters. The molecule has 27 heavy (non-hydrogen) atoms. The lowest BCUT2D eigenvalue weighted by Gasteiger charge is -2.66. The number of ether oxygens (including phenoxy) is 1. The Labute approximate surface area is 159 Å². The number of aliphatic hydroxyl groups is 2. The molecule has 5 nitrogen and oxygen atoms in total. The highest BCUT2D eigenvalue weighted by Crippen LogP contribution is 2.87. The summed E-state index contributed by atoms with van der Waals surface area (Å²) in [6, 6.07) is 0.924. The van der Waals surface area contributed by atoms with Crippen molar-refractivity contribution in [1.82, 2.24) is 4.90 Å². The molecule has 13 unspecified atom stereocenters. The summed E-state index contributed by atoms with van der Waals surface area (Å²) < 4.78 is 6.00. The van der Waals surface area contributed by atoms with Crippen LogP contribution in [0.3, 0.4) is 0 Å². The molecule has 6 aliphatic carbocycles. The number of carbonyl (C=O) groups is 1. The van der Waals surface area contributed by atoms with E-state index in [1.807, 2.05) is 0 Å². The fraction of sp³-hybridized carbons (Fsp3) is 0.864. The van der Waals surface area contributed by atoms with E-state index in [1.165, 1.54) is 6.92 Å². The molecule has 6 saturated carbocycles. The lowest BCUT2D eigenvalue weighted by Crippen LogP contribution is -2.68. The minimum absolute atomic E-state index is 0.00516. The highest BCUT2D eigenvalue weighted by Gasteiger charge is 2.90. The number of fused-ring (bicyclic) bond motifs is 1. The van der Waals surface area contributed by atoms with E-state index in [9.17, 15) is 15.0 Å². The van der Waals surface area contributed by atoms with Crippen LogP contribution in [0, 0.1) is 39.9 Å². The predicted molar refractivity (Wildman–Crippen MR) is 96.4 cm³/mol. The summed E-state index contributed by atoms with van der Waals surface area (Å²) in [4.78, 5) is 14.8. The number of hydrogen-bond donors (Lipinski definition) is 2. The maximum atomic E-state index is 12.1. The Balaban J connectivity index is 1.50. The molecule has 9 fully saturated rings. The zero-order valence-electron chi connectivity index (χ0n) is 16.1. The van der Waals surface area contributed by atoms with Gasteiger partial charge in [-0.3, -0.25) is 9.69 Å². The van der Waals surface area contributed by atoms with Gasteiger partial charge in [0.05, 0.1) is 12.2 Å². The molecule has 0 amide bonds. The highest BCUT2D eigenvalue weighted by molar-refractivity contribution is 5.66. The number of nitrogens with zero attached hydrogens (tertiary/aromatic N) is 1. The minimum Gasteiger partial charge on any atom is -0.461 e. The topological polar surface area (TPSA) is 70.0 Å². The fourth-order valence-corrected chi connectivity index (χ4v) is 11.0. The van der Waals surface area contributed by atoms with Gasteiger partial charge in [0.2, 0.25) is 0 Å². The first-order valence-electron chi connectivity index (χ1n) is 10.7. The van der Waals surface area contributed by atoms with Crippen LogP contribution >= 0.6 is 0 Å². The Bertz CT molecular complexity index is 812. The molecule has 9 rings (SSSR count). The molecule has 5 heteroatoms. The van der Waals surface area contributed by atoms with E-state index in [2.05, 4.69) is 18.4 Å². The third-order valence-electron chi connectivity index (χ3n) is 10.4. The van der Waals surface area contributed by atoms with Gasteiger partial charge in [0.15, 0.2) is 0 Å². The summed E-state index contributed by atoms with van der Waals surface area (Å²) in [6.07, 6.45) is 2.78. The second-order valence-electron chi connectivity index (χ2n) is 11.4. The van der Waals surface area contributed by atoms with Crippen molar-refractivity contribution in [2.24, 2.45) is 39.9 Å². The lowest BCUT2D eigenvalue weighted by molar-refractivity contribution is -0.225. The van der Waals surface area contributed by atoms with Gasteiger partial charge in [0.1, 0.15) is 6.10 Å². The van der Waals surface area contributed by atoms with Gasteiger partial charge in [0, 0.05) is 48.7 Å². The molecule has 2 spiro atoms. The third-order valence-corrected chi connectivity index (χ3v) is 10.4. The van der Waals surface area contributed by atoms with Crippen molar-refractivity contribution in [2.45, 2.75) is 69.9 Å². The number of rotatable bonds is 1. The van der Waals surface area contributed by atoms with Crippen molar-refractivity contribution in [3.63, 3.8) is 0 Å². The van der Waals surface area contributed by atoms with Gasteiger partial charge in [-0.15, -0.1) is 0 Å². The van der Waals surface area contributed by atoms with Crippen molar-refractivity contribution in [3.8, 4) is 0 Å². The highest BCUT2D eigenvalue weighted by atomic mass is 16.5. The summed E-state index contributed by atoms with van der Waals surface area (Å²) in [5.41, 5.74) is 1.24. The largest absolute Gasteiger partial charge is 0.461 e. The van der Waals surface area contributed by atoms with Gasteiger partial charge in [0.25, 0.3) is 0 Å². The summed E-state index contributed by atoms with van der Waals surface area (Å²) in [5.74, 6) is 0.702. The molecule has 146 valence electrons. The van der Waals surface area contributed by atoms with Crippen molar-refractivity contribution >= 4 is 5.97 Å². The van der Waals surface area contributed by atoms with Gasteiger partial charge in [-0.05, 0) is 42.4 Å². The van der Waals surface area contributed by atoms with Crippen LogP contribution in [0.15, 0.2) is 12.2 Å². The second-order valence-corrected chi connectivity index (χ2v) is 11.4. The average molecular weight is 371 g/mol. The molecular weight excluding hydrogens is 342 g/mol. The first-order valence-corrected chi connectivity index (χ1v) is 10.7. The summed E-state index contributed by atoms with van der Waals surface area (Å²) in [7, 11) is 0. The average Bonchev–Trinajstić information content (AvgIpc) is 2.95. The van der Waals surface area contributed by atoms with Gasteiger partial charge < -0.3 is 14.9 Å². The number of aliphatic hydroxyl groups excluding tert-OH is 2. The summed E-state index contributed by atoms with van der Waals surface area (Å²) in [6.45, 7) is 9.25. The molecule has 9 aliphatic rings. The quantitative estimate of drug-likeness (QED) is 0.538. The van der Waals surface area contributed by atoms with E-state index in [0.717, 1.165) is 37.8 Å². The number of carbonyl (C=O) groups excluding carboxylic acids is 1. The minimum atomic E-state index is -0.471. The van der Waals surface area contributed by atoms with E-state index in [4.69, 9.17) is 4.74 Å². The predicted octanol–water partition coefficient (Wildman–Crippen LogP) is 1.33. The zero-order chi connectivity index (χ0) is 18.7. The molecular formula is C22H29NO4. The molecule has 2 N–H and O–H groups in total. The van der Waals surface area contributed by atoms with Gasteiger partial charge in [-0.2, -0.15) is 0 Å². The van der Waals surface area contributed by atoms with Crippen LogP contribution < -0.4 is 0 Å². The molecule has 0 aromatic carbocycles. The Morgan fingerprint density at radius 1 is 1.26 bits per heavy atom. The summed E-state index contributed by atoms with van der Waals surface area (Å²) in [5, 5.41) is 22.4. The normalized spacial score (nSPS) is 68.7. The van der Waals surface area contributed by atoms with Crippen LogP contribution in [0.5, 0.6) is 0 Å². The van der Waals surface area contributed by atoms with Crippen molar-refractivity contribution in [2.75, 3.05) is 6.54 Å². The molecule has 0 aromatic heterocycles. The van der Waals surface area contributed by atoms with E-state index in [-0.39, 0.29) is 52.2 Å². The molecule has 3 saturated heterocycles. The van der Waals surface area contributed by atoms with E-state index >= 15 is 0 Å². The van der Waals surface area contributed by atoms with Crippen molar-refractivity contribution in [1.29, 1.82) is 0 Å². The first kappa shape index (κ1) is 15.9. The monoisotopic (exact) mass is 371 g/mol. The van der Waals surface area contributed by atoms with Crippen LogP contribution in [0.25, 0.3) is 0 Å². The Kier molecular flexibility index (Phi) is 2.46. The molecule has 0 radical (unpaired) electrons. The lowest BCUT2D eigenvalue weighted by atomic mass is 9.39. The zero-order valence-corrected chi connectivity index (χ0v) is 16.1. The Morgan fingerprint density at radius 2 is 2.04 bits per heavy atom. The van der Waals surface area contributed by atoms with Crippen LogP contribution in [0.1, 0.15) is 39.5 Å². The number of hydrogen-bond acceptors (Lipinski definition) is 5. The van der Waals surface area contributed by atoms with Crippen LogP contribution in [-0.4, -0.2) is 58.0 Å². The smallest absolute Gasteiger partial charge is 0.302 e. The molecule has 0 aromatic rings. The first-order chi connectivity index (χ1) is 12.7. The maximum Gasteiger partial charge on any atom is 0.302 e. The van der Waals surface area contributed by atoms with Crippen molar-refractivity contribution < 1.29 is 19.7 Å². The van der Waals surface area contributed by atoms with Crippen LogP contribution in [0.4, 0.5) is 0 Å². The van der Waals surface area contributed by atoms with E-state index in [1.54, 1.807) is 0 Å². The van der Waals surface area contributed by atoms with Crippen LogP contribution in [-0.2, 0) is 9.53 Å².